The van der Waals surface area contributed by atoms with Gasteiger partial charge in [-0.3, -0.25) is 4.84 Å². The minimum absolute atomic E-state index is 0.246. The van der Waals surface area contributed by atoms with Gasteiger partial charge in [-0.1, -0.05) is 30.3 Å². The van der Waals surface area contributed by atoms with Crippen LogP contribution < -0.4 is 5.48 Å². The van der Waals surface area contributed by atoms with Gasteiger partial charge in [0.25, 0.3) is 0 Å². The van der Waals surface area contributed by atoms with E-state index in [-0.39, 0.29) is 6.61 Å². The van der Waals surface area contributed by atoms with Gasteiger partial charge in [0, 0.05) is 11.2 Å². The topological polar surface area (TPSA) is 84.9 Å². The van der Waals surface area contributed by atoms with Gasteiger partial charge in [0.1, 0.15) is 6.04 Å². The maximum atomic E-state index is 11.2. The van der Waals surface area contributed by atoms with E-state index in [0.717, 1.165) is 5.56 Å². The van der Waals surface area contributed by atoms with E-state index >= 15 is 0 Å². The third kappa shape index (κ3) is 6.14. The van der Waals surface area contributed by atoms with E-state index in [1.54, 1.807) is 0 Å². The van der Waals surface area contributed by atoms with E-state index in [1.165, 1.54) is 6.92 Å². The lowest BCUT2D eigenvalue weighted by Gasteiger charge is -2.13. The molecule has 6 nitrogen and oxygen atoms in total. The highest BCUT2D eigenvalue weighted by molar-refractivity contribution is 7.80. The van der Waals surface area contributed by atoms with E-state index in [4.69, 9.17) is 21.0 Å². The van der Waals surface area contributed by atoms with E-state index in [0.29, 0.717) is 0 Å². The van der Waals surface area contributed by atoms with Gasteiger partial charge in [0.2, 0.25) is 0 Å². The third-order valence-corrected chi connectivity index (χ3v) is 2.51. The van der Waals surface area contributed by atoms with Crippen LogP contribution in [0, 0.1) is 0 Å². The normalized spacial score (nSPS) is 15.7. The molecule has 0 saturated heterocycles. The summed E-state index contributed by atoms with van der Waals surface area (Å²) in [6, 6.07) is 8.37. The molecule has 0 aromatic heterocycles. The Labute approximate surface area is 109 Å². The summed E-state index contributed by atoms with van der Waals surface area (Å²) in [6.45, 7) is -2.68. The van der Waals surface area contributed by atoms with Gasteiger partial charge in [-0.25, -0.2) is 9.36 Å². The minimum Gasteiger partial charge on any atom is -0.379 e. The highest BCUT2D eigenvalue weighted by Gasteiger charge is 2.24. The van der Waals surface area contributed by atoms with Crippen LogP contribution in [0.1, 0.15) is 12.5 Å². The minimum atomic E-state index is -4.34. The Balaban J connectivity index is 2.31. The fourth-order valence-corrected chi connectivity index (χ4v) is 1.65. The van der Waals surface area contributed by atoms with Crippen molar-refractivity contribution in [1.82, 2.24) is 5.48 Å². The Morgan fingerprint density at radius 1 is 1.50 bits per heavy atom. The molecule has 100 valence electrons. The summed E-state index contributed by atoms with van der Waals surface area (Å²) in [6.07, 6.45) is 0. The van der Waals surface area contributed by atoms with Gasteiger partial charge in [-0.05, 0) is 12.5 Å². The number of hydrogen-bond acceptors (Lipinski definition) is 5. The molecule has 0 spiro atoms. The van der Waals surface area contributed by atoms with Crippen molar-refractivity contribution in [2.45, 2.75) is 19.6 Å². The number of nitrogens with one attached hydrogen (secondary N) is 1. The van der Waals surface area contributed by atoms with Crippen LogP contribution in [-0.2, 0) is 25.3 Å². The third-order valence-electron chi connectivity index (χ3n) is 1.90. The summed E-state index contributed by atoms with van der Waals surface area (Å²) in [5.74, 6) is -0.969. The lowest BCUT2D eigenvalue weighted by molar-refractivity contribution is -0.141. The molecule has 1 rings (SSSR count). The fourth-order valence-electron chi connectivity index (χ4n) is 1.06. The molecule has 0 aliphatic carbocycles. The Morgan fingerprint density at radius 3 is 2.67 bits per heavy atom. The zero-order valence-corrected chi connectivity index (χ0v) is 11.2. The average Bonchev–Trinajstić information content (AvgIpc) is 2.28. The summed E-state index contributed by atoms with van der Waals surface area (Å²) in [5.41, 5.74) is 3.30. The second kappa shape index (κ2) is 6.87. The standard InChI is InChI=1S/C10H13ClNO5P/c1-8(10(13)17-18(11,14)15)12-16-7-9-5-3-2-4-6-9/h2-6,8,12H,7H2,1H3,(H,14,15)/t8-/m0/s1. The first-order chi connectivity index (χ1) is 8.38. The molecule has 1 unspecified atom stereocenters. The monoisotopic (exact) mass is 293 g/mol. The lowest BCUT2D eigenvalue weighted by atomic mass is 10.2. The quantitative estimate of drug-likeness (QED) is 0.616. The molecule has 18 heavy (non-hydrogen) atoms. The molecule has 0 bridgehead atoms. The van der Waals surface area contributed by atoms with E-state index in [1.807, 2.05) is 30.3 Å². The van der Waals surface area contributed by atoms with Crippen molar-refractivity contribution in [2.75, 3.05) is 0 Å². The van der Waals surface area contributed by atoms with Crippen molar-refractivity contribution >= 4 is 24.2 Å². The molecular weight excluding hydrogens is 281 g/mol. The summed E-state index contributed by atoms with van der Waals surface area (Å²) in [7, 11) is 0. The van der Waals surface area contributed by atoms with Crippen LogP contribution in [0.3, 0.4) is 0 Å². The molecule has 1 aromatic carbocycles. The highest BCUT2D eigenvalue weighted by Crippen LogP contribution is 2.47. The smallest absolute Gasteiger partial charge is 0.379 e. The SMILES string of the molecule is C[C@H](NOCc1ccccc1)C(=O)OP(=O)(O)Cl. The second-order valence-electron chi connectivity index (χ2n) is 3.48. The number of carbonyl (C=O) groups is 1. The summed E-state index contributed by atoms with van der Waals surface area (Å²) in [5, 5.41) is 0. The summed E-state index contributed by atoms with van der Waals surface area (Å²) in [4.78, 5) is 24.9. The Bertz CT molecular complexity index is 435. The number of hydrogen-bond donors (Lipinski definition) is 2. The van der Waals surface area contributed by atoms with Crippen molar-refractivity contribution in [3.8, 4) is 0 Å². The van der Waals surface area contributed by atoms with Gasteiger partial charge in [-0.2, -0.15) is 5.48 Å². The largest absolute Gasteiger partial charge is 0.476 e. The van der Waals surface area contributed by atoms with Crippen molar-refractivity contribution < 1.29 is 23.6 Å². The number of hydroxylamine groups is 1. The maximum absolute atomic E-state index is 11.2. The zero-order valence-electron chi connectivity index (χ0n) is 9.58. The molecule has 8 heteroatoms. The molecule has 0 amide bonds. The van der Waals surface area contributed by atoms with Crippen molar-refractivity contribution in [1.29, 1.82) is 0 Å². The average molecular weight is 294 g/mol. The molecule has 0 heterocycles. The van der Waals surface area contributed by atoms with Gasteiger partial charge in [0.15, 0.2) is 0 Å². The van der Waals surface area contributed by atoms with Crippen molar-refractivity contribution in [3.05, 3.63) is 35.9 Å². The number of carbonyl (C=O) groups excluding carboxylic acids is 1. The lowest BCUT2D eigenvalue weighted by Crippen LogP contribution is -2.34. The van der Waals surface area contributed by atoms with Crippen LogP contribution in [0.2, 0.25) is 0 Å². The number of halogens is 1. The van der Waals surface area contributed by atoms with E-state index in [9.17, 15) is 9.36 Å². The summed E-state index contributed by atoms with van der Waals surface area (Å²) < 4.78 is 14.7. The first-order valence-electron chi connectivity index (χ1n) is 5.05. The molecule has 0 saturated carbocycles. The van der Waals surface area contributed by atoms with Crippen molar-refractivity contribution in [3.63, 3.8) is 0 Å². The van der Waals surface area contributed by atoms with Gasteiger partial charge in [0.05, 0.1) is 6.61 Å². The van der Waals surface area contributed by atoms with Gasteiger partial charge < -0.3 is 9.42 Å². The summed E-state index contributed by atoms with van der Waals surface area (Å²) >= 11 is 4.90. The van der Waals surface area contributed by atoms with Crippen LogP contribution in [-0.4, -0.2) is 16.9 Å². The van der Waals surface area contributed by atoms with E-state index in [2.05, 4.69) is 10.0 Å². The Kier molecular flexibility index (Phi) is 5.78. The number of rotatable bonds is 6. The molecular formula is C10H13ClNO5P. The van der Waals surface area contributed by atoms with Crippen LogP contribution in [0.4, 0.5) is 0 Å². The van der Waals surface area contributed by atoms with E-state index < -0.39 is 19.0 Å². The number of benzene rings is 1. The first-order valence-corrected chi connectivity index (χ1v) is 7.54. The molecule has 0 aliphatic rings. The molecule has 2 N–H and O–H groups in total. The van der Waals surface area contributed by atoms with Gasteiger partial charge in [-0.15, -0.1) is 0 Å². The molecule has 1 aromatic rings. The molecule has 2 atom stereocenters. The van der Waals surface area contributed by atoms with Crippen LogP contribution in [0.15, 0.2) is 30.3 Å². The van der Waals surface area contributed by atoms with Crippen molar-refractivity contribution in [2.24, 2.45) is 0 Å². The van der Waals surface area contributed by atoms with Crippen LogP contribution >= 0.6 is 18.2 Å². The fraction of sp³-hybridized carbons (Fsp3) is 0.300. The van der Waals surface area contributed by atoms with Crippen LogP contribution in [0.5, 0.6) is 0 Å². The molecule has 0 fully saturated rings. The molecule has 0 aliphatic heterocycles. The predicted octanol–water partition coefficient (Wildman–Crippen LogP) is 1.98. The maximum Gasteiger partial charge on any atom is 0.476 e. The first kappa shape index (κ1) is 15.1. The zero-order chi connectivity index (χ0) is 13.6. The highest BCUT2D eigenvalue weighted by atomic mass is 35.7. The predicted molar refractivity (Wildman–Crippen MR) is 65.6 cm³/mol. The Hall–Kier alpha value is -0.910. The Morgan fingerprint density at radius 2 is 2.11 bits per heavy atom. The molecule has 0 radical (unpaired) electrons. The second-order valence-corrected chi connectivity index (χ2v) is 5.84. The van der Waals surface area contributed by atoms with Crippen LogP contribution in [0.25, 0.3) is 0 Å². The van der Waals surface area contributed by atoms with Gasteiger partial charge >= 0.3 is 12.9 Å².